The first-order chi connectivity index (χ1) is 23.1. The standard InChI is InChI=1S/C32H28F5N9O2/c33-22-3-4-24(41-30(22)48-17-20-2-1-18(13-38)11-23(20)34)19-5-8-45(9-6-19)16-28-40-25-12-26(29-42-31(44-43-29)32(35,36)37)39-14-27(25)46(28)15-21-7-10-47-21/h1-4,11-12,14,19,21H,5-10,15-17H2,(H,42,43,44). The van der Waals surface area contributed by atoms with Crippen molar-refractivity contribution in [1.29, 1.82) is 5.26 Å². The second-order valence-corrected chi connectivity index (χ2v) is 11.8. The molecule has 16 heteroatoms. The summed E-state index contributed by atoms with van der Waals surface area (Å²) in [4.78, 5) is 19.4. The van der Waals surface area contributed by atoms with Crippen LogP contribution in [0.15, 0.2) is 42.6 Å². The molecule has 0 saturated carbocycles. The van der Waals surface area contributed by atoms with Crippen LogP contribution in [0.4, 0.5) is 22.0 Å². The Morgan fingerprint density at radius 2 is 1.83 bits per heavy atom. The molecule has 7 rings (SSSR count). The average Bonchev–Trinajstić information content (AvgIpc) is 3.68. The zero-order valence-corrected chi connectivity index (χ0v) is 25.3. The molecule has 2 fully saturated rings. The topological polar surface area (TPSA) is 131 Å². The Morgan fingerprint density at radius 3 is 2.52 bits per heavy atom. The molecule has 2 saturated heterocycles. The number of imidazole rings is 1. The Bertz CT molecular complexity index is 1990. The fraction of sp³-hybridized carbons (Fsp3) is 0.375. The van der Waals surface area contributed by atoms with Crippen molar-refractivity contribution >= 4 is 11.0 Å². The van der Waals surface area contributed by atoms with Gasteiger partial charge in [-0.3, -0.25) is 15.0 Å². The number of pyridine rings is 2. The average molecular weight is 666 g/mol. The summed E-state index contributed by atoms with van der Waals surface area (Å²) >= 11 is 0. The van der Waals surface area contributed by atoms with Crippen molar-refractivity contribution in [1.82, 2.24) is 39.6 Å². The number of rotatable bonds is 9. The Balaban J connectivity index is 1.04. The molecule has 0 spiro atoms. The van der Waals surface area contributed by atoms with Gasteiger partial charge in [0, 0.05) is 23.8 Å². The van der Waals surface area contributed by atoms with Crippen LogP contribution in [0.5, 0.6) is 5.88 Å². The van der Waals surface area contributed by atoms with Crippen molar-refractivity contribution in [3.8, 4) is 23.5 Å². The van der Waals surface area contributed by atoms with E-state index in [0.29, 0.717) is 44.0 Å². The molecule has 1 unspecified atom stereocenters. The van der Waals surface area contributed by atoms with Gasteiger partial charge in [0.05, 0.1) is 48.1 Å². The van der Waals surface area contributed by atoms with E-state index in [2.05, 4.69) is 25.0 Å². The highest BCUT2D eigenvalue weighted by molar-refractivity contribution is 5.78. The van der Waals surface area contributed by atoms with Crippen molar-refractivity contribution in [3.05, 3.63) is 82.7 Å². The summed E-state index contributed by atoms with van der Waals surface area (Å²) in [6.45, 7) is 2.95. The van der Waals surface area contributed by atoms with E-state index in [9.17, 15) is 22.0 Å². The molecular formula is C32H28F5N9O2. The quantitative estimate of drug-likeness (QED) is 0.202. The van der Waals surface area contributed by atoms with Crippen LogP contribution in [0.1, 0.15) is 53.7 Å². The third kappa shape index (κ3) is 6.56. The van der Waals surface area contributed by atoms with Gasteiger partial charge in [-0.2, -0.15) is 23.5 Å². The molecule has 1 aromatic carbocycles. The van der Waals surface area contributed by atoms with E-state index >= 15 is 0 Å². The second kappa shape index (κ2) is 12.9. The van der Waals surface area contributed by atoms with Crippen LogP contribution in [0.25, 0.3) is 22.6 Å². The van der Waals surface area contributed by atoms with Crippen molar-refractivity contribution in [2.45, 2.75) is 57.2 Å². The molecule has 0 radical (unpaired) electrons. The second-order valence-electron chi connectivity index (χ2n) is 11.8. The lowest BCUT2D eigenvalue weighted by Gasteiger charge is -2.32. The lowest BCUT2D eigenvalue weighted by Crippen LogP contribution is -2.35. The maximum absolute atomic E-state index is 14.6. The lowest BCUT2D eigenvalue weighted by atomic mass is 9.93. The lowest BCUT2D eigenvalue weighted by molar-refractivity contribution is -0.144. The molecule has 48 heavy (non-hydrogen) atoms. The highest BCUT2D eigenvalue weighted by Gasteiger charge is 2.35. The number of aromatic amines is 1. The maximum atomic E-state index is 14.6. The Kier molecular flexibility index (Phi) is 8.48. The summed E-state index contributed by atoms with van der Waals surface area (Å²) < 4.78 is 81.3. The number of alkyl halides is 3. The van der Waals surface area contributed by atoms with Crippen molar-refractivity contribution in [2.24, 2.45) is 0 Å². The Labute approximate surface area is 270 Å². The minimum atomic E-state index is -4.66. The largest absolute Gasteiger partial charge is 0.471 e. The van der Waals surface area contributed by atoms with Gasteiger partial charge in [0.1, 0.15) is 23.9 Å². The fourth-order valence-corrected chi connectivity index (χ4v) is 5.89. The summed E-state index contributed by atoms with van der Waals surface area (Å²) in [5.74, 6) is -2.03. The van der Waals surface area contributed by atoms with Gasteiger partial charge in [-0.1, -0.05) is 6.07 Å². The van der Waals surface area contributed by atoms with E-state index in [1.807, 2.05) is 15.7 Å². The van der Waals surface area contributed by atoms with Gasteiger partial charge in [0.25, 0.3) is 5.88 Å². The van der Waals surface area contributed by atoms with Gasteiger partial charge in [-0.05, 0) is 62.7 Å². The number of hydrogen-bond donors (Lipinski definition) is 1. The summed E-state index contributed by atoms with van der Waals surface area (Å²) in [5, 5.41) is 14.5. The van der Waals surface area contributed by atoms with E-state index in [1.165, 1.54) is 18.2 Å². The predicted octanol–water partition coefficient (Wildman–Crippen LogP) is 5.53. The van der Waals surface area contributed by atoms with Crippen molar-refractivity contribution < 1.29 is 31.4 Å². The number of ether oxygens (including phenoxy) is 2. The van der Waals surface area contributed by atoms with E-state index in [1.54, 1.807) is 18.3 Å². The van der Waals surface area contributed by atoms with Crippen LogP contribution in [0, 0.1) is 23.0 Å². The molecule has 11 nitrogen and oxygen atoms in total. The van der Waals surface area contributed by atoms with Gasteiger partial charge in [-0.15, -0.1) is 0 Å². The maximum Gasteiger partial charge on any atom is 0.451 e. The monoisotopic (exact) mass is 665 g/mol. The van der Waals surface area contributed by atoms with Crippen LogP contribution in [0.2, 0.25) is 0 Å². The molecule has 2 aliphatic rings. The number of halogens is 5. The molecule has 1 N–H and O–H groups in total. The van der Waals surface area contributed by atoms with E-state index in [-0.39, 0.29) is 47.2 Å². The number of hydrogen-bond acceptors (Lipinski definition) is 9. The first kappa shape index (κ1) is 31.6. The minimum Gasteiger partial charge on any atom is -0.471 e. The number of likely N-dealkylation sites (tertiary alicyclic amines) is 1. The van der Waals surface area contributed by atoms with Crippen molar-refractivity contribution in [2.75, 3.05) is 19.7 Å². The van der Waals surface area contributed by atoms with Crippen molar-refractivity contribution in [3.63, 3.8) is 0 Å². The number of H-pyrrole nitrogens is 1. The summed E-state index contributed by atoms with van der Waals surface area (Å²) in [6.07, 6.45) is -0.656. The molecule has 0 bridgehead atoms. The molecule has 1 atom stereocenters. The number of nitriles is 1. The van der Waals surface area contributed by atoms with Crippen LogP contribution in [0.3, 0.4) is 0 Å². The van der Waals surface area contributed by atoms with Crippen LogP contribution < -0.4 is 4.74 Å². The Morgan fingerprint density at radius 1 is 1.02 bits per heavy atom. The number of benzene rings is 1. The summed E-state index contributed by atoms with van der Waals surface area (Å²) in [7, 11) is 0. The molecule has 5 aromatic rings. The minimum absolute atomic E-state index is 0.0308. The smallest absolute Gasteiger partial charge is 0.451 e. The van der Waals surface area contributed by atoms with Gasteiger partial charge in [-0.25, -0.2) is 23.7 Å². The molecule has 2 aliphatic heterocycles. The molecule has 6 heterocycles. The van der Waals surface area contributed by atoms with E-state index in [0.717, 1.165) is 36.7 Å². The first-order valence-electron chi connectivity index (χ1n) is 15.3. The van der Waals surface area contributed by atoms with Crippen LogP contribution >= 0.6 is 0 Å². The number of piperidine rings is 1. The van der Waals surface area contributed by atoms with Gasteiger partial charge in [0.15, 0.2) is 11.6 Å². The summed E-state index contributed by atoms with van der Waals surface area (Å²) in [6, 6.07) is 10.4. The van der Waals surface area contributed by atoms with Crippen LogP contribution in [-0.2, 0) is 30.6 Å². The molecule has 0 amide bonds. The van der Waals surface area contributed by atoms with E-state index < -0.39 is 23.6 Å². The summed E-state index contributed by atoms with van der Waals surface area (Å²) in [5.41, 5.74) is 2.51. The zero-order chi connectivity index (χ0) is 33.4. The third-order valence-corrected chi connectivity index (χ3v) is 8.63. The zero-order valence-electron chi connectivity index (χ0n) is 25.3. The molecular weight excluding hydrogens is 637 g/mol. The fourth-order valence-electron chi connectivity index (χ4n) is 5.89. The SMILES string of the molecule is N#Cc1ccc(COc2nc(C3CCN(Cc4nc5cc(-c6n[nH]c(C(F)(F)F)n6)ncc5n4CC4CCO4)CC3)ccc2F)c(F)c1. The number of fused-ring (bicyclic) bond motifs is 1. The normalized spacial score (nSPS) is 17.4. The highest BCUT2D eigenvalue weighted by atomic mass is 19.4. The third-order valence-electron chi connectivity index (χ3n) is 8.63. The number of aromatic nitrogens is 7. The number of nitrogens with zero attached hydrogens (tertiary/aromatic N) is 8. The molecule has 4 aromatic heterocycles. The number of nitrogens with one attached hydrogen (secondary N) is 1. The molecule has 0 aliphatic carbocycles. The Hall–Kier alpha value is -5.01. The van der Waals surface area contributed by atoms with E-state index in [4.69, 9.17) is 19.7 Å². The van der Waals surface area contributed by atoms with Crippen LogP contribution in [-0.4, -0.2) is 65.4 Å². The first-order valence-corrected chi connectivity index (χ1v) is 15.3. The van der Waals surface area contributed by atoms with Gasteiger partial charge >= 0.3 is 6.18 Å². The highest BCUT2D eigenvalue weighted by Crippen LogP contribution is 2.32. The predicted molar refractivity (Wildman–Crippen MR) is 159 cm³/mol. The molecule has 248 valence electrons. The van der Waals surface area contributed by atoms with Gasteiger partial charge < -0.3 is 14.0 Å². The van der Waals surface area contributed by atoms with Gasteiger partial charge in [0.2, 0.25) is 5.82 Å².